The van der Waals surface area contributed by atoms with Crippen LogP contribution in [0.25, 0.3) is 0 Å². The van der Waals surface area contributed by atoms with Crippen LogP contribution in [0.15, 0.2) is 47.4 Å². The SMILES string of the molecule is O=C(Nc1ccccc1F)c1nnc([C@@H]2CCCN2S(=O)(=O)c2ccc(F)cc2F)s1. The van der Waals surface area contributed by atoms with Crippen molar-refractivity contribution in [1.82, 2.24) is 14.5 Å². The Hall–Kier alpha value is -2.83. The molecule has 12 heteroatoms. The van der Waals surface area contributed by atoms with Crippen LogP contribution in [0.4, 0.5) is 18.9 Å². The summed E-state index contributed by atoms with van der Waals surface area (Å²) in [7, 11) is -4.27. The zero-order valence-electron chi connectivity index (χ0n) is 15.8. The number of sulfonamides is 1. The normalized spacial score (nSPS) is 17.1. The number of hydrogen-bond donors (Lipinski definition) is 1. The van der Waals surface area contributed by atoms with Gasteiger partial charge in [0, 0.05) is 12.6 Å². The molecule has 1 atom stereocenters. The van der Waals surface area contributed by atoms with Gasteiger partial charge < -0.3 is 5.32 Å². The Kier molecular flexibility index (Phi) is 5.77. The second kappa shape index (κ2) is 8.36. The maximum atomic E-state index is 14.1. The number of aromatic nitrogens is 2. The fourth-order valence-electron chi connectivity index (χ4n) is 3.28. The molecule has 1 amide bonds. The Balaban J connectivity index is 1.58. The summed E-state index contributed by atoms with van der Waals surface area (Å²) in [5.74, 6) is -3.38. The first kappa shape index (κ1) is 21.4. The first-order valence-corrected chi connectivity index (χ1v) is 11.4. The minimum atomic E-state index is -4.27. The van der Waals surface area contributed by atoms with Gasteiger partial charge in [0.15, 0.2) is 0 Å². The van der Waals surface area contributed by atoms with Gasteiger partial charge >= 0.3 is 0 Å². The highest BCUT2D eigenvalue weighted by molar-refractivity contribution is 7.89. The van der Waals surface area contributed by atoms with Crippen molar-refractivity contribution >= 4 is 33.0 Å². The average Bonchev–Trinajstić information content (AvgIpc) is 3.39. The van der Waals surface area contributed by atoms with Crippen molar-refractivity contribution in [3.63, 3.8) is 0 Å². The molecule has 1 aliphatic rings. The zero-order valence-corrected chi connectivity index (χ0v) is 17.4. The van der Waals surface area contributed by atoms with Crippen LogP contribution >= 0.6 is 11.3 Å². The van der Waals surface area contributed by atoms with Crippen LogP contribution in [-0.2, 0) is 10.0 Å². The number of benzene rings is 2. The quantitative estimate of drug-likeness (QED) is 0.616. The standard InChI is InChI=1S/C19H15F3N4O3S2/c20-11-7-8-16(13(22)10-11)31(28,29)26-9-3-6-15(26)18-24-25-19(30-18)17(27)23-14-5-2-1-4-12(14)21/h1-2,4-5,7-8,10,15H,3,6,9H2,(H,23,27)/t15-/m0/s1. The zero-order chi connectivity index (χ0) is 22.2. The minimum absolute atomic E-state index is 0.0268. The first-order valence-electron chi connectivity index (χ1n) is 9.13. The van der Waals surface area contributed by atoms with Gasteiger partial charge in [0.1, 0.15) is 27.4 Å². The van der Waals surface area contributed by atoms with Crippen molar-refractivity contribution in [2.75, 3.05) is 11.9 Å². The van der Waals surface area contributed by atoms with Crippen LogP contribution in [0.1, 0.15) is 33.7 Å². The van der Waals surface area contributed by atoms with Gasteiger partial charge in [-0.2, -0.15) is 4.31 Å². The Morgan fingerprint density at radius 1 is 1.10 bits per heavy atom. The lowest BCUT2D eigenvalue weighted by Gasteiger charge is -2.22. The van der Waals surface area contributed by atoms with Gasteiger partial charge in [-0.25, -0.2) is 21.6 Å². The predicted molar refractivity (Wildman–Crippen MR) is 106 cm³/mol. The van der Waals surface area contributed by atoms with E-state index in [0.29, 0.717) is 18.9 Å². The number of carbonyl (C=O) groups is 1. The molecule has 0 spiro atoms. The number of para-hydroxylation sites is 1. The number of anilines is 1. The molecule has 1 N–H and O–H groups in total. The summed E-state index contributed by atoms with van der Waals surface area (Å²) in [6.07, 6.45) is 0.884. The number of amides is 1. The van der Waals surface area contributed by atoms with Gasteiger partial charge in [-0.3, -0.25) is 4.79 Å². The molecule has 1 aliphatic heterocycles. The van der Waals surface area contributed by atoms with E-state index >= 15 is 0 Å². The van der Waals surface area contributed by atoms with E-state index in [1.54, 1.807) is 6.07 Å². The molecule has 0 bridgehead atoms. The number of nitrogens with zero attached hydrogens (tertiary/aromatic N) is 3. The summed E-state index contributed by atoms with van der Waals surface area (Å²) >= 11 is 0.868. The van der Waals surface area contributed by atoms with Crippen LogP contribution in [-0.4, -0.2) is 35.4 Å². The molecule has 162 valence electrons. The van der Waals surface area contributed by atoms with E-state index in [1.807, 2.05) is 0 Å². The highest BCUT2D eigenvalue weighted by atomic mass is 32.2. The molecule has 31 heavy (non-hydrogen) atoms. The minimum Gasteiger partial charge on any atom is -0.317 e. The van der Waals surface area contributed by atoms with Crippen LogP contribution in [0, 0.1) is 17.5 Å². The summed E-state index contributed by atoms with van der Waals surface area (Å²) in [6, 6.07) is 7.12. The third-order valence-corrected chi connectivity index (χ3v) is 7.69. The largest absolute Gasteiger partial charge is 0.317 e. The summed E-state index contributed by atoms with van der Waals surface area (Å²) < 4.78 is 68.1. The predicted octanol–water partition coefficient (Wildman–Crippen LogP) is 3.73. The van der Waals surface area contributed by atoms with Crippen LogP contribution in [0.3, 0.4) is 0 Å². The van der Waals surface area contributed by atoms with Crippen molar-refractivity contribution < 1.29 is 26.4 Å². The maximum absolute atomic E-state index is 14.1. The van der Waals surface area contributed by atoms with Gasteiger partial charge in [-0.15, -0.1) is 10.2 Å². The van der Waals surface area contributed by atoms with E-state index in [4.69, 9.17) is 0 Å². The second-order valence-electron chi connectivity index (χ2n) is 6.73. The average molecular weight is 468 g/mol. The van der Waals surface area contributed by atoms with Crippen molar-refractivity contribution in [3.8, 4) is 0 Å². The maximum Gasteiger partial charge on any atom is 0.286 e. The first-order chi connectivity index (χ1) is 14.8. The topological polar surface area (TPSA) is 92.3 Å². The third-order valence-electron chi connectivity index (χ3n) is 4.73. The van der Waals surface area contributed by atoms with Crippen molar-refractivity contribution in [3.05, 3.63) is 69.9 Å². The molecule has 7 nitrogen and oxygen atoms in total. The Labute approximate surface area is 179 Å². The van der Waals surface area contributed by atoms with E-state index < -0.39 is 44.3 Å². The molecule has 1 aromatic heterocycles. The van der Waals surface area contributed by atoms with Gasteiger partial charge in [0.25, 0.3) is 5.91 Å². The van der Waals surface area contributed by atoms with Crippen molar-refractivity contribution in [2.24, 2.45) is 0 Å². The molecule has 1 saturated heterocycles. The number of nitrogens with one attached hydrogen (secondary N) is 1. The van der Waals surface area contributed by atoms with E-state index in [2.05, 4.69) is 15.5 Å². The molecule has 2 heterocycles. The second-order valence-corrected chi connectivity index (χ2v) is 9.60. The Morgan fingerprint density at radius 2 is 1.87 bits per heavy atom. The van der Waals surface area contributed by atoms with Gasteiger partial charge in [0.05, 0.1) is 11.7 Å². The molecular weight excluding hydrogens is 453 g/mol. The van der Waals surface area contributed by atoms with Crippen molar-refractivity contribution in [2.45, 2.75) is 23.8 Å². The number of halogens is 3. The fraction of sp³-hybridized carbons (Fsp3) is 0.211. The molecule has 4 rings (SSSR count). The van der Waals surface area contributed by atoms with Crippen LogP contribution in [0.5, 0.6) is 0 Å². The summed E-state index contributed by atoms with van der Waals surface area (Å²) in [6.45, 7) is 0.111. The monoisotopic (exact) mass is 468 g/mol. The highest BCUT2D eigenvalue weighted by Crippen LogP contribution is 2.38. The fourth-order valence-corrected chi connectivity index (χ4v) is 5.95. The molecule has 1 fully saturated rings. The lowest BCUT2D eigenvalue weighted by Crippen LogP contribution is -2.31. The highest BCUT2D eigenvalue weighted by Gasteiger charge is 2.39. The number of hydrogen-bond acceptors (Lipinski definition) is 6. The van der Waals surface area contributed by atoms with E-state index in [0.717, 1.165) is 27.8 Å². The Bertz CT molecular complexity index is 1250. The smallest absolute Gasteiger partial charge is 0.286 e. The molecule has 3 aromatic rings. The van der Waals surface area contributed by atoms with E-state index in [1.165, 1.54) is 18.2 Å². The van der Waals surface area contributed by atoms with Crippen LogP contribution < -0.4 is 5.32 Å². The summed E-state index contributed by atoms with van der Waals surface area (Å²) in [5, 5.41) is 10.3. The van der Waals surface area contributed by atoms with E-state index in [-0.39, 0.29) is 22.2 Å². The van der Waals surface area contributed by atoms with Gasteiger partial charge in [-0.1, -0.05) is 23.5 Å². The van der Waals surface area contributed by atoms with Gasteiger partial charge in [-0.05, 0) is 37.1 Å². The lowest BCUT2D eigenvalue weighted by atomic mass is 10.2. The third kappa shape index (κ3) is 4.18. The van der Waals surface area contributed by atoms with Crippen LogP contribution in [0.2, 0.25) is 0 Å². The number of carbonyl (C=O) groups excluding carboxylic acids is 1. The van der Waals surface area contributed by atoms with E-state index in [9.17, 15) is 26.4 Å². The summed E-state index contributed by atoms with van der Waals surface area (Å²) in [5.41, 5.74) is -0.0268. The molecule has 2 aromatic carbocycles. The Morgan fingerprint density at radius 3 is 2.61 bits per heavy atom. The van der Waals surface area contributed by atoms with Gasteiger partial charge in [0.2, 0.25) is 15.0 Å². The molecule has 0 unspecified atom stereocenters. The number of rotatable bonds is 5. The lowest BCUT2D eigenvalue weighted by molar-refractivity contribution is 0.102. The molecule has 0 radical (unpaired) electrons. The molecule has 0 aliphatic carbocycles. The molecular formula is C19H15F3N4O3S2. The molecule has 0 saturated carbocycles. The van der Waals surface area contributed by atoms with Crippen molar-refractivity contribution in [1.29, 1.82) is 0 Å². The summed E-state index contributed by atoms with van der Waals surface area (Å²) in [4.78, 5) is 11.7.